The molecule has 0 fully saturated rings. The maximum Gasteiger partial charge on any atom is 2.00 e. The van der Waals surface area contributed by atoms with E-state index in [1.165, 1.54) is 18.2 Å². The minimum atomic E-state index is -0.856. The van der Waals surface area contributed by atoms with Crippen molar-refractivity contribution in [2.24, 2.45) is 0 Å². The standard InChI is InChI=1S/C10H13O2.C9H12NO3.W/c1-2-3-8-4-5-10(12)9(6-8)7-11;10-4-9(13)6-1-2-8(12)7(3-6)5-11;/h4-6,11-12H,1-3,7H2;1-3,9-13H,4-5H2;/q2*-1;+2. The fourth-order valence-corrected chi connectivity index (χ4v) is 2.18. The molecule has 2 rings (SSSR count). The van der Waals surface area contributed by atoms with Gasteiger partial charge in [0.25, 0.3) is 0 Å². The van der Waals surface area contributed by atoms with Gasteiger partial charge in [-0.2, -0.15) is 6.42 Å². The third-order valence-electron chi connectivity index (χ3n) is 3.63. The second-order valence-corrected chi connectivity index (χ2v) is 5.49. The van der Waals surface area contributed by atoms with E-state index in [0.29, 0.717) is 16.7 Å². The van der Waals surface area contributed by atoms with E-state index < -0.39 is 6.10 Å². The predicted molar refractivity (Wildman–Crippen MR) is 95.9 cm³/mol. The smallest absolute Gasteiger partial charge is 0.675 e. The van der Waals surface area contributed by atoms with Crippen LogP contribution in [0.3, 0.4) is 0 Å². The fourth-order valence-electron chi connectivity index (χ4n) is 2.18. The minimum Gasteiger partial charge on any atom is -0.675 e. The molecule has 0 spiro atoms. The van der Waals surface area contributed by atoms with Gasteiger partial charge in [-0.15, -0.1) is 6.54 Å². The summed E-state index contributed by atoms with van der Waals surface area (Å²) in [7, 11) is 0. The second kappa shape index (κ2) is 12.8. The molecular weight excluding hydrogens is 506 g/mol. The molecule has 2 aromatic rings. The predicted octanol–water partition coefficient (Wildman–Crippen LogP) is 2.62. The normalized spacial score (nSPS) is 11.1. The maximum absolute atomic E-state index is 9.29. The van der Waals surface area contributed by atoms with E-state index in [9.17, 15) is 15.3 Å². The zero-order valence-electron chi connectivity index (χ0n) is 14.4. The first-order valence-electron chi connectivity index (χ1n) is 7.93. The Morgan fingerprint density at radius 2 is 1.46 bits per heavy atom. The largest absolute Gasteiger partial charge is 2.00 e. The molecule has 0 amide bonds. The molecule has 26 heavy (non-hydrogen) atoms. The summed E-state index contributed by atoms with van der Waals surface area (Å²) >= 11 is 0. The first-order valence-corrected chi connectivity index (χ1v) is 7.93. The molecule has 0 aliphatic carbocycles. The topological polar surface area (TPSA) is 125 Å². The van der Waals surface area contributed by atoms with Gasteiger partial charge in [0.1, 0.15) is 11.5 Å². The van der Waals surface area contributed by atoms with Crippen LogP contribution in [0.2, 0.25) is 0 Å². The van der Waals surface area contributed by atoms with E-state index in [-0.39, 0.29) is 52.3 Å². The molecule has 0 aliphatic rings. The Hall–Kier alpha value is -1.43. The van der Waals surface area contributed by atoms with Gasteiger partial charge in [-0.1, -0.05) is 18.6 Å². The Morgan fingerprint density at radius 1 is 0.923 bits per heavy atom. The van der Waals surface area contributed by atoms with Crippen LogP contribution in [0, 0.1) is 6.92 Å². The summed E-state index contributed by atoms with van der Waals surface area (Å²) < 4.78 is 0. The molecule has 1 atom stereocenters. The monoisotopic (exact) mass is 531 g/mol. The molecule has 0 saturated heterocycles. The van der Waals surface area contributed by atoms with Crippen molar-refractivity contribution in [2.45, 2.75) is 32.2 Å². The average molecular weight is 531 g/mol. The first-order chi connectivity index (χ1) is 12.0. The van der Waals surface area contributed by atoms with Gasteiger partial charge in [-0.3, -0.25) is 0 Å². The van der Waals surface area contributed by atoms with Crippen molar-refractivity contribution in [2.75, 3.05) is 6.54 Å². The molecule has 6 N–H and O–H groups in total. The number of benzene rings is 2. The third kappa shape index (κ3) is 7.44. The van der Waals surface area contributed by atoms with Gasteiger partial charge < -0.3 is 38.2 Å². The summed E-state index contributed by atoms with van der Waals surface area (Å²) in [5.74, 6) is 0.161. The van der Waals surface area contributed by atoms with Gasteiger partial charge in [0.2, 0.25) is 0 Å². The Balaban J connectivity index is 0.000000464. The summed E-state index contributed by atoms with van der Waals surface area (Å²) in [6, 6.07) is 9.69. The molecule has 0 bridgehead atoms. The molecule has 0 heterocycles. The number of aryl methyl sites for hydroxylation is 1. The Kier molecular flexibility index (Phi) is 12.1. The van der Waals surface area contributed by atoms with Crippen LogP contribution in [0.25, 0.3) is 5.73 Å². The van der Waals surface area contributed by atoms with E-state index in [2.05, 4.69) is 6.92 Å². The van der Waals surface area contributed by atoms with Gasteiger partial charge in [-0.05, 0) is 35.4 Å². The molecule has 1 unspecified atom stereocenters. The van der Waals surface area contributed by atoms with Crippen molar-refractivity contribution in [1.29, 1.82) is 0 Å². The Morgan fingerprint density at radius 3 is 1.96 bits per heavy atom. The van der Waals surface area contributed by atoms with Crippen LogP contribution >= 0.6 is 0 Å². The quantitative estimate of drug-likeness (QED) is 0.367. The number of hydrogen-bond donors (Lipinski definition) is 5. The zero-order chi connectivity index (χ0) is 18.8. The molecule has 142 valence electrons. The maximum atomic E-state index is 9.29. The number of rotatable bonds is 6. The van der Waals surface area contributed by atoms with Gasteiger partial charge in [0.15, 0.2) is 0 Å². The molecule has 2 aromatic carbocycles. The van der Waals surface area contributed by atoms with Crippen molar-refractivity contribution in [3.8, 4) is 11.5 Å². The number of hydrogen-bond acceptors (Lipinski definition) is 5. The van der Waals surface area contributed by atoms with Crippen LogP contribution in [-0.4, -0.2) is 32.1 Å². The van der Waals surface area contributed by atoms with Crippen LogP contribution < -0.4 is 0 Å². The van der Waals surface area contributed by atoms with E-state index >= 15 is 0 Å². The molecule has 0 radical (unpaired) electrons. The van der Waals surface area contributed by atoms with Crippen molar-refractivity contribution in [3.63, 3.8) is 0 Å². The molecule has 7 heteroatoms. The van der Waals surface area contributed by atoms with E-state index in [0.717, 1.165) is 18.4 Å². The summed E-state index contributed by atoms with van der Waals surface area (Å²) in [5, 5.41) is 45.4. The van der Waals surface area contributed by atoms with Crippen molar-refractivity contribution in [1.82, 2.24) is 0 Å². The van der Waals surface area contributed by atoms with E-state index in [4.69, 9.17) is 15.9 Å². The number of aliphatic hydroxyl groups is 3. The summed E-state index contributed by atoms with van der Waals surface area (Å²) in [6.45, 7) is 3.22. The van der Waals surface area contributed by atoms with Crippen LogP contribution in [0.4, 0.5) is 0 Å². The number of aliphatic hydroxyl groups excluding tert-OH is 3. The molecule has 0 saturated carbocycles. The molecular formula is C19H25NO5W. The molecule has 0 aromatic heterocycles. The van der Waals surface area contributed by atoms with Crippen molar-refractivity contribution < 1.29 is 46.6 Å². The van der Waals surface area contributed by atoms with E-state index in [1.807, 2.05) is 6.07 Å². The Bertz CT molecular complexity index is 666. The van der Waals surface area contributed by atoms with E-state index in [1.54, 1.807) is 12.1 Å². The van der Waals surface area contributed by atoms with Gasteiger partial charge in [-0.25, -0.2) is 0 Å². The fraction of sp³-hybridized carbons (Fsp3) is 0.316. The number of phenols is 2. The Labute approximate surface area is 168 Å². The van der Waals surface area contributed by atoms with Crippen LogP contribution in [-0.2, 0) is 40.7 Å². The van der Waals surface area contributed by atoms with Crippen LogP contribution in [0.5, 0.6) is 11.5 Å². The van der Waals surface area contributed by atoms with Gasteiger partial charge >= 0.3 is 21.1 Å². The van der Waals surface area contributed by atoms with Crippen molar-refractivity contribution >= 4 is 0 Å². The summed E-state index contributed by atoms with van der Waals surface area (Å²) in [5.41, 5.74) is 9.54. The van der Waals surface area contributed by atoms with Crippen LogP contribution in [0.1, 0.15) is 34.8 Å². The SMILES string of the molecule is [CH2-]CCc1ccc(O)c(CO)c1.[NH-]CC(O)c1ccc(O)c(CO)c1.[W+2]. The third-order valence-corrected chi connectivity index (χ3v) is 3.63. The minimum absolute atomic E-state index is 0. The number of nitrogens with one attached hydrogen (secondary N) is 1. The summed E-state index contributed by atoms with van der Waals surface area (Å²) in [6.07, 6.45) is 0.856. The summed E-state index contributed by atoms with van der Waals surface area (Å²) in [4.78, 5) is 0. The van der Waals surface area contributed by atoms with Gasteiger partial charge in [0.05, 0.1) is 19.3 Å². The van der Waals surface area contributed by atoms with Gasteiger partial charge in [0, 0.05) is 11.1 Å². The van der Waals surface area contributed by atoms with Crippen molar-refractivity contribution in [3.05, 3.63) is 71.3 Å². The zero-order valence-corrected chi connectivity index (χ0v) is 17.4. The second-order valence-electron chi connectivity index (χ2n) is 5.49. The molecule has 6 nitrogen and oxygen atoms in total. The van der Waals surface area contributed by atoms with Crippen LogP contribution in [0.15, 0.2) is 36.4 Å². The number of aromatic hydroxyl groups is 2. The molecule has 0 aliphatic heterocycles. The first kappa shape index (κ1) is 24.6. The average Bonchev–Trinajstić information content (AvgIpc) is 2.63.